The zero-order valence-corrected chi connectivity index (χ0v) is 14.5. The maximum Gasteiger partial charge on any atom is 0.410 e. The van der Waals surface area contributed by atoms with Gasteiger partial charge in [0.05, 0.1) is 10.0 Å². The minimum atomic E-state index is -0.495. The summed E-state index contributed by atoms with van der Waals surface area (Å²) in [6.07, 6.45) is 2.32. The lowest BCUT2D eigenvalue weighted by atomic mass is 9.99. The molecule has 1 heterocycles. The molecule has 1 aliphatic heterocycles. The molecule has 0 aromatic heterocycles. The first-order valence-electron chi connectivity index (χ1n) is 7.09. The smallest absolute Gasteiger partial charge is 0.410 e. The van der Waals surface area contributed by atoms with Crippen molar-refractivity contribution in [2.45, 2.75) is 32.8 Å². The molecule has 0 atom stereocenters. The summed E-state index contributed by atoms with van der Waals surface area (Å²) in [5, 5.41) is 1.06. The summed E-state index contributed by atoms with van der Waals surface area (Å²) >= 11 is 12.5. The monoisotopic (exact) mass is 342 g/mol. The minimum absolute atomic E-state index is 0.308. The van der Waals surface area contributed by atoms with Crippen LogP contribution in [0, 0.1) is 0 Å². The Bertz CT molecular complexity index is 598. The second-order valence-electron chi connectivity index (χ2n) is 6.27. The third kappa shape index (κ3) is 4.08. The van der Waals surface area contributed by atoms with Crippen LogP contribution in [0.1, 0.15) is 32.8 Å². The van der Waals surface area contributed by atoms with Crippen LogP contribution in [0.5, 0.6) is 0 Å². The lowest BCUT2D eigenvalue weighted by molar-refractivity contribution is 0.0270. The van der Waals surface area contributed by atoms with Crippen molar-refractivity contribution in [2.75, 3.05) is 18.8 Å². The van der Waals surface area contributed by atoms with Crippen LogP contribution in [0.4, 0.5) is 10.5 Å². The molecule has 2 rings (SSSR count). The molecule has 0 saturated heterocycles. The number of anilines is 1. The van der Waals surface area contributed by atoms with Crippen molar-refractivity contribution in [3.8, 4) is 0 Å². The molecule has 0 saturated carbocycles. The van der Waals surface area contributed by atoms with Crippen LogP contribution in [-0.2, 0) is 4.74 Å². The van der Waals surface area contributed by atoms with Crippen molar-refractivity contribution in [3.05, 3.63) is 33.8 Å². The Balaban J connectivity index is 2.14. The summed E-state index contributed by atoms with van der Waals surface area (Å²) in [4.78, 5) is 13.7. The molecule has 1 aromatic carbocycles. The predicted molar refractivity (Wildman–Crippen MR) is 91.3 cm³/mol. The topological polar surface area (TPSA) is 55.6 Å². The van der Waals surface area contributed by atoms with Crippen molar-refractivity contribution < 1.29 is 9.53 Å². The average Bonchev–Trinajstić information content (AvgIpc) is 2.36. The van der Waals surface area contributed by atoms with E-state index in [0.29, 0.717) is 35.2 Å². The number of halogens is 2. The fourth-order valence-electron chi connectivity index (χ4n) is 2.29. The molecule has 4 nitrogen and oxygen atoms in total. The summed E-state index contributed by atoms with van der Waals surface area (Å²) in [6, 6.07) is 3.37. The van der Waals surface area contributed by atoms with Gasteiger partial charge in [0, 0.05) is 24.3 Å². The summed E-state index contributed by atoms with van der Waals surface area (Å²) in [5.41, 5.74) is 7.57. The van der Waals surface area contributed by atoms with Crippen molar-refractivity contribution in [2.24, 2.45) is 0 Å². The van der Waals surface area contributed by atoms with Gasteiger partial charge in [0.25, 0.3) is 0 Å². The number of nitrogens with zero attached hydrogens (tertiary/aromatic N) is 1. The number of carbonyl (C=O) groups excluding carboxylic acids is 1. The summed E-state index contributed by atoms with van der Waals surface area (Å²) in [5.74, 6) is 0. The summed E-state index contributed by atoms with van der Waals surface area (Å²) in [6.45, 7) is 6.59. The molecule has 0 radical (unpaired) electrons. The number of carbonyl (C=O) groups is 1. The molecule has 0 spiro atoms. The zero-order chi connectivity index (χ0) is 16.5. The van der Waals surface area contributed by atoms with Gasteiger partial charge in [-0.1, -0.05) is 29.3 Å². The molecule has 6 heteroatoms. The maximum absolute atomic E-state index is 12.0. The van der Waals surface area contributed by atoms with Crippen LogP contribution in [-0.4, -0.2) is 29.7 Å². The molecule has 0 unspecified atom stereocenters. The van der Waals surface area contributed by atoms with Crippen molar-refractivity contribution in [1.29, 1.82) is 0 Å². The third-order valence-corrected chi connectivity index (χ3v) is 3.84. The van der Waals surface area contributed by atoms with E-state index in [4.69, 9.17) is 33.7 Å². The number of amides is 1. The highest BCUT2D eigenvalue weighted by Crippen LogP contribution is 2.36. The lowest BCUT2D eigenvalue weighted by Gasteiger charge is -2.30. The number of benzene rings is 1. The fourth-order valence-corrected chi connectivity index (χ4v) is 3.03. The molecule has 0 fully saturated rings. The molecule has 1 aliphatic rings. The molecular formula is C16H20Cl2N2O2. The Morgan fingerprint density at radius 2 is 1.86 bits per heavy atom. The van der Waals surface area contributed by atoms with Crippen LogP contribution < -0.4 is 5.73 Å². The van der Waals surface area contributed by atoms with E-state index in [1.807, 2.05) is 26.8 Å². The van der Waals surface area contributed by atoms with Crippen LogP contribution in [0.15, 0.2) is 18.2 Å². The molecule has 0 bridgehead atoms. The van der Waals surface area contributed by atoms with Crippen LogP contribution in [0.25, 0.3) is 5.57 Å². The van der Waals surface area contributed by atoms with Gasteiger partial charge < -0.3 is 15.4 Å². The summed E-state index contributed by atoms with van der Waals surface area (Å²) in [7, 11) is 0. The van der Waals surface area contributed by atoms with Gasteiger partial charge in [0.2, 0.25) is 0 Å². The second kappa shape index (κ2) is 6.39. The highest BCUT2D eigenvalue weighted by Gasteiger charge is 2.25. The molecule has 0 aliphatic carbocycles. The van der Waals surface area contributed by atoms with Gasteiger partial charge in [-0.2, -0.15) is 0 Å². The zero-order valence-electron chi connectivity index (χ0n) is 13.0. The van der Waals surface area contributed by atoms with E-state index >= 15 is 0 Å². The Labute approximate surface area is 140 Å². The van der Waals surface area contributed by atoms with Gasteiger partial charge in [0.15, 0.2) is 0 Å². The first-order chi connectivity index (χ1) is 10.2. The third-order valence-electron chi connectivity index (χ3n) is 3.25. The van der Waals surface area contributed by atoms with Crippen LogP contribution >= 0.6 is 23.2 Å². The van der Waals surface area contributed by atoms with Gasteiger partial charge in [-0.3, -0.25) is 0 Å². The van der Waals surface area contributed by atoms with Crippen molar-refractivity contribution in [1.82, 2.24) is 4.90 Å². The van der Waals surface area contributed by atoms with Gasteiger partial charge in [-0.15, -0.1) is 0 Å². The largest absolute Gasteiger partial charge is 0.444 e. The molecular weight excluding hydrogens is 323 g/mol. The highest BCUT2D eigenvalue weighted by molar-refractivity contribution is 6.38. The number of hydrogen-bond donors (Lipinski definition) is 1. The highest BCUT2D eigenvalue weighted by atomic mass is 35.5. The normalized spacial score (nSPS) is 15.5. The number of rotatable bonds is 1. The summed E-state index contributed by atoms with van der Waals surface area (Å²) < 4.78 is 5.37. The van der Waals surface area contributed by atoms with Gasteiger partial charge in [0.1, 0.15) is 5.60 Å². The maximum atomic E-state index is 12.0. The van der Waals surface area contributed by atoms with Crippen molar-refractivity contribution >= 4 is 40.6 Å². The van der Waals surface area contributed by atoms with E-state index in [1.165, 1.54) is 0 Å². The molecule has 120 valence electrons. The Kier molecular flexibility index (Phi) is 4.93. The Hall–Kier alpha value is -1.39. The first kappa shape index (κ1) is 17.0. The Morgan fingerprint density at radius 3 is 2.32 bits per heavy atom. The molecule has 1 amide bonds. The number of hydrogen-bond acceptors (Lipinski definition) is 3. The SMILES string of the molecule is CC(C)(C)OC(=O)N1CC=C(c2c(Cl)cc(N)cc2Cl)CC1. The molecule has 22 heavy (non-hydrogen) atoms. The van der Waals surface area contributed by atoms with Gasteiger partial charge in [-0.05, 0) is 44.9 Å². The average molecular weight is 343 g/mol. The van der Waals surface area contributed by atoms with E-state index in [1.54, 1.807) is 17.0 Å². The predicted octanol–water partition coefficient (Wildman–Crippen LogP) is 4.60. The van der Waals surface area contributed by atoms with Gasteiger partial charge in [-0.25, -0.2) is 4.79 Å². The number of nitrogen functional groups attached to an aromatic ring is 1. The van der Waals surface area contributed by atoms with Crippen LogP contribution in [0.2, 0.25) is 10.0 Å². The van der Waals surface area contributed by atoms with Crippen LogP contribution in [0.3, 0.4) is 0 Å². The lowest BCUT2D eigenvalue weighted by Crippen LogP contribution is -2.39. The standard InChI is InChI=1S/C16H20Cl2N2O2/c1-16(2,3)22-15(21)20-6-4-10(5-7-20)14-12(17)8-11(19)9-13(14)18/h4,8-9H,5-7,19H2,1-3H3. The van der Waals surface area contributed by atoms with E-state index in [9.17, 15) is 4.79 Å². The van der Waals surface area contributed by atoms with Gasteiger partial charge >= 0.3 is 6.09 Å². The molecule has 2 N–H and O–H groups in total. The number of nitrogens with two attached hydrogens (primary N) is 1. The van der Waals surface area contributed by atoms with Crippen molar-refractivity contribution in [3.63, 3.8) is 0 Å². The van der Waals surface area contributed by atoms with E-state index in [-0.39, 0.29) is 6.09 Å². The molecule has 1 aromatic rings. The van der Waals surface area contributed by atoms with E-state index in [0.717, 1.165) is 11.1 Å². The Morgan fingerprint density at radius 1 is 1.27 bits per heavy atom. The van der Waals surface area contributed by atoms with E-state index < -0.39 is 5.60 Å². The van der Waals surface area contributed by atoms with E-state index in [2.05, 4.69) is 0 Å². The minimum Gasteiger partial charge on any atom is -0.444 e. The number of ether oxygens (including phenoxy) is 1. The quantitative estimate of drug-likeness (QED) is 0.758. The first-order valence-corrected chi connectivity index (χ1v) is 7.85. The fraction of sp³-hybridized carbons (Fsp3) is 0.438. The second-order valence-corrected chi connectivity index (χ2v) is 7.08.